The van der Waals surface area contributed by atoms with Crippen molar-refractivity contribution < 1.29 is 31.1 Å². The summed E-state index contributed by atoms with van der Waals surface area (Å²) in [5, 5.41) is 29.4. The summed E-state index contributed by atoms with van der Waals surface area (Å²) >= 11 is 0. The minimum absolute atomic E-state index is 0. The lowest BCUT2D eigenvalue weighted by Crippen LogP contribution is -2.04. The van der Waals surface area contributed by atoms with Crippen molar-refractivity contribution in [2.75, 3.05) is 0 Å². The topological polar surface area (TPSA) is 102 Å². The second-order valence-corrected chi connectivity index (χ2v) is 17.3. The molecule has 0 saturated heterocycles. The van der Waals surface area contributed by atoms with Gasteiger partial charge in [0.05, 0.1) is 60.2 Å². The molecule has 0 heterocycles. The van der Waals surface area contributed by atoms with E-state index in [9.17, 15) is 46.9 Å². The molecule has 0 saturated carbocycles. The van der Waals surface area contributed by atoms with Gasteiger partial charge in [0, 0.05) is 27.8 Å². The van der Waals surface area contributed by atoms with E-state index in [2.05, 4.69) is 26.7 Å². The van der Waals surface area contributed by atoms with Crippen molar-refractivity contribution in [3.8, 4) is 85.0 Å². The smallest absolute Gasteiger partial charge is 0.289 e. The number of ketones is 1. The van der Waals surface area contributed by atoms with Gasteiger partial charge in [-0.25, -0.2) is 19.8 Å². The Hall–Kier alpha value is -10.3. The number of hydrogen-bond donors (Lipinski definition) is 0. The molecule has 10 rings (SSSR count). The van der Waals surface area contributed by atoms with E-state index < -0.39 is 23.5 Å². The van der Waals surface area contributed by atoms with Crippen LogP contribution in [0.5, 0.6) is 0 Å². The number of aryl methyl sites for hydroxylation is 2. The van der Waals surface area contributed by atoms with Gasteiger partial charge in [-0.2, -0.15) is 36.9 Å². The molecule has 0 N–H and O–H groups in total. The van der Waals surface area contributed by atoms with Crippen molar-refractivity contribution in [3.05, 3.63) is 241 Å². The summed E-state index contributed by atoms with van der Waals surface area (Å²) in [6.07, 6.45) is -8.96. The molecule has 0 atom stereocenters. The van der Waals surface area contributed by atoms with Gasteiger partial charge >= 0.3 is 12.4 Å². The third-order valence-corrected chi connectivity index (χ3v) is 12.9. The van der Waals surface area contributed by atoms with Crippen LogP contribution in [0, 0.1) is 67.6 Å². The monoisotopic (exact) mass is 992 g/mol. The first kappa shape index (κ1) is 51.1. The molecule has 8 aromatic rings. The van der Waals surface area contributed by atoms with E-state index in [1.807, 2.05) is 74.5 Å². The highest BCUT2D eigenvalue weighted by Gasteiger charge is 2.34. The fourth-order valence-corrected chi connectivity index (χ4v) is 9.19. The largest absolute Gasteiger partial charge is 0.416 e. The molecule has 0 amide bonds. The van der Waals surface area contributed by atoms with E-state index in [0.29, 0.717) is 94.8 Å². The van der Waals surface area contributed by atoms with Gasteiger partial charge in [-0.1, -0.05) is 103 Å². The molecule has 0 aromatic heterocycles. The molecule has 2 aliphatic carbocycles. The van der Waals surface area contributed by atoms with Crippen LogP contribution < -0.4 is 0 Å². The zero-order valence-electron chi connectivity index (χ0n) is 38.7. The summed E-state index contributed by atoms with van der Waals surface area (Å²) in [6, 6.07) is 43.9. The number of benzene rings is 8. The van der Waals surface area contributed by atoms with Gasteiger partial charge in [-0.05, 0) is 141 Å². The number of hydrogen-bond acceptors (Lipinski definition) is 4. The highest BCUT2D eigenvalue weighted by Crippen LogP contribution is 2.52. The molecule has 75 heavy (non-hydrogen) atoms. The van der Waals surface area contributed by atoms with Crippen molar-refractivity contribution in [1.29, 1.82) is 15.8 Å². The zero-order valence-corrected chi connectivity index (χ0v) is 38.7. The minimum Gasteiger partial charge on any atom is -0.289 e. The summed E-state index contributed by atoms with van der Waals surface area (Å²) < 4.78 is 78.4. The molecule has 0 unspecified atom stereocenters. The highest BCUT2D eigenvalue weighted by atomic mass is 19.4. The van der Waals surface area contributed by atoms with E-state index in [0.717, 1.165) is 46.5 Å². The van der Waals surface area contributed by atoms with E-state index in [-0.39, 0.29) is 30.0 Å². The molecule has 7 nitrogen and oxygen atoms in total. The first-order valence-electron chi connectivity index (χ1n) is 22.3. The lowest BCUT2D eigenvalue weighted by molar-refractivity contribution is -0.138. The average molecular weight is 993 g/mol. The number of fused-ring (bicyclic) bond motifs is 6. The van der Waals surface area contributed by atoms with Gasteiger partial charge in [0.15, 0.2) is 17.2 Å². The minimum atomic E-state index is -4.49. The van der Waals surface area contributed by atoms with Crippen molar-refractivity contribution in [2.24, 2.45) is 0 Å². The van der Waals surface area contributed by atoms with Gasteiger partial charge in [-0.15, -0.1) is 0 Å². The Bertz CT molecular complexity index is 3980. The molecule has 0 bridgehead atoms. The van der Waals surface area contributed by atoms with Gasteiger partial charge in [0.25, 0.3) is 5.70 Å². The summed E-state index contributed by atoms with van der Waals surface area (Å²) in [4.78, 5) is 23.9. The van der Waals surface area contributed by atoms with Gasteiger partial charge < -0.3 is 0 Å². The van der Waals surface area contributed by atoms with Crippen LogP contribution in [0.2, 0.25) is 0 Å². The Balaban J connectivity index is 0.000000198. The van der Waals surface area contributed by atoms with E-state index in [4.69, 9.17) is 19.7 Å². The van der Waals surface area contributed by atoms with Crippen LogP contribution in [-0.4, -0.2) is 5.78 Å². The van der Waals surface area contributed by atoms with Crippen LogP contribution in [0.3, 0.4) is 0 Å². The molecule has 0 radical (unpaired) electrons. The fourth-order valence-electron chi connectivity index (χ4n) is 9.19. The zero-order chi connectivity index (χ0) is 52.8. The van der Waals surface area contributed by atoms with Crippen molar-refractivity contribution in [2.45, 2.75) is 33.6 Å². The van der Waals surface area contributed by atoms with E-state index in [1.165, 1.54) is 30.3 Å². The number of carbonyl (C=O) groups is 1. The van der Waals surface area contributed by atoms with Crippen molar-refractivity contribution in [1.82, 2.24) is 0 Å². The van der Waals surface area contributed by atoms with E-state index in [1.54, 1.807) is 36.4 Å². The molecule has 0 spiro atoms. The number of allylic oxidation sites excluding steroid dienone is 1. The number of alkyl halides is 6. The van der Waals surface area contributed by atoms with Crippen LogP contribution in [-0.2, 0) is 12.4 Å². The van der Waals surface area contributed by atoms with Crippen LogP contribution in [0.4, 0.5) is 37.7 Å². The third kappa shape index (κ3) is 9.27. The predicted molar refractivity (Wildman–Crippen MR) is 275 cm³/mol. The normalized spacial score (nSPS) is 12.3. The molecule has 2 aliphatic rings. The number of nitrogens with zero attached hydrogens (tertiary/aromatic N) is 6. The maximum Gasteiger partial charge on any atom is 0.416 e. The average Bonchev–Trinajstić information content (AvgIpc) is 3.88. The number of halogens is 6. The van der Waals surface area contributed by atoms with Crippen LogP contribution in [0.15, 0.2) is 151 Å². The van der Waals surface area contributed by atoms with Gasteiger partial charge in [-0.3, -0.25) is 4.79 Å². The number of nitriles is 3. The van der Waals surface area contributed by atoms with Gasteiger partial charge in [0.1, 0.15) is 0 Å². The number of carbonyl (C=O) groups excluding carboxylic acids is 1. The third-order valence-electron chi connectivity index (χ3n) is 12.9. The molecule has 0 aliphatic heterocycles. The van der Waals surface area contributed by atoms with Gasteiger partial charge in [0.2, 0.25) is 0 Å². The maximum atomic E-state index is 13.2. The summed E-state index contributed by atoms with van der Waals surface area (Å²) in [5.41, 5.74) is 10.7. The van der Waals surface area contributed by atoms with Crippen LogP contribution in [0.25, 0.3) is 86.9 Å². The Morgan fingerprint density at radius 3 is 1.12 bits per heavy atom. The molecule has 360 valence electrons. The van der Waals surface area contributed by atoms with E-state index >= 15 is 0 Å². The fraction of sp³-hybridized carbons (Fsp3) is 0.0806. The Morgan fingerprint density at radius 2 is 0.760 bits per heavy atom. The standard InChI is InChI=1S/C32H15F3N4.C29H15F3N2O.CH4/c1-18-4-6-20(7-5-18)24-14-26-25-13-23(19-8-10-22(11-9-19)32(33,34)35)21(16-36)12-27(25)31(30(17-37)39-3)28(26)15-29(24)38-2;1-16-3-5-18(6-4-16)22-13-24-23-12-21(17-7-9-20(10-8-17)29(30,31)32)19(15-33)11-25(23)28(35)26(24)14-27(22)34-2;/h4-15H,1H3;3-14H,1H3;1H4/b31-30-;;. The molecule has 8 aromatic carbocycles. The lowest BCUT2D eigenvalue weighted by Gasteiger charge is -2.12. The Kier molecular flexibility index (Phi) is 13.4. The lowest BCUT2D eigenvalue weighted by atomic mass is 9.92. The predicted octanol–water partition coefficient (Wildman–Crippen LogP) is 17.6. The number of rotatable bonds is 4. The molecular formula is C62H34F6N6O. The van der Waals surface area contributed by atoms with Crippen LogP contribution in [0.1, 0.15) is 67.9 Å². The summed E-state index contributed by atoms with van der Waals surface area (Å²) in [5.74, 6) is -0.286. The maximum absolute atomic E-state index is 13.2. The summed E-state index contributed by atoms with van der Waals surface area (Å²) in [6.45, 7) is 26.9. The first-order chi connectivity index (χ1) is 35.4. The van der Waals surface area contributed by atoms with Crippen molar-refractivity contribution >= 4 is 22.7 Å². The second kappa shape index (κ2) is 19.7. The molecule has 0 fully saturated rings. The Labute approximate surface area is 427 Å². The SMILES string of the molecule is C.[C-]#[N+]/C(C#N)=C1/c2cc(C#N)c(-c3ccc(C(F)(F)F)cc3)cc2-c2cc(-c3ccc(C)cc3)c([N+]#[C-])cc21.[C-]#[N+]c1cc2c(cc1-c1ccc(C)cc1)-c1cc(-c3ccc(C(F)(F)F)cc3)c(C#N)cc1C2=O. The van der Waals surface area contributed by atoms with Crippen molar-refractivity contribution in [3.63, 3.8) is 0 Å². The second-order valence-electron chi connectivity index (χ2n) is 17.3. The highest BCUT2D eigenvalue weighted by molar-refractivity contribution is 6.23. The molecular weight excluding hydrogens is 959 g/mol. The first-order valence-corrected chi connectivity index (χ1v) is 22.3. The quantitative estimate of drug-likeness (QED) is 0.0995. The Morgan fingerprint density at radius 1 is 0.440 bits per heavy atom. The van der Waals surface area contributed by atoms with Crippen LogP contribution >= 0.6 is 0 Å². The molecule has 13 heteroatoms. The summed E-state index contributed by atoms with van der Waals surface area (Å²) in [7, 11) is 0.